The van der Waals surface area contributed by atoms with Gasteiger partial charge >= 0.3 is 11.9 Å². The highest BCUT2D eigenvalue weighted by atomic mass is 19.4. The Labute approximate surface area is 167 Å². The van der Waals surface area contributed by atoms with Crippen molar-refractivity contribution in [2.24, 2.45) is 0 Å². The van der Waals surface area contributed by atoms with Crippen LogP contribution < -0.4 is 11.2 Å². The third-order valence-electron chi connectivity index (χ3n) is 4.65. The first-order valence-corrected chi connectivity index (χ1v) is 8.98. The molecule has 3 aromatic heterocycles. The lowest BCUT2D eigenvalue weighted by Gasteiger charge is -2.15. The molecule has 4 aromatic rings. The predicted molar refractivity (Wildman–Crippen MR) is 104 cm³/mol. The standard InChI is InChI=1S/C21H15F3N4O2/c22-21(23,24)16-6-1-4-14(10-16)12-27-17-7-3-9-26-18(17)19(29)28(20(27)30)13-15-5-2-8-25-11-15/h1-11H,12-13H2. The smallest absolute Gasteiger partial charge is 0.287 e. The van der Waals surface area contributed by atoms with Gasteiger partial charge in [-0.05, 0) is 41.5 Å². The minimum absolute atomic E-state index is 0.0272. The largest absolute Gasteiger partial charge is 0.416 e. The molecule has 0 unspecified atom stereocenters. The third-order valence-corrected chi connectivity index (χ3v) is 4.65. The average Bonchev–Trinajstić information content (AvgIpc) is 2.74. The van der Waals surface area contributed by atoms with E-state index in [1.807, 2.05) is 0 Å². The maximum Gasteiger partial charge on any atom is 0.416 e. The Morgan fingerprint density at radius 3 is 2.33 bits per heavy atom. The highest BCUT2D eigenvalue weighted by Gasteiger charge is 2.30. The fourth-order valence-electron chi connectivity index (χ4n) is 3.24. The van der Waals surface area contributed by atoms with Crippen LogP contribution in [0, 0.1) is 0 Å². The van der Waals surface area contributed by atoms with E-state index in [0.717, 1.165) is 16.7 Å². The van der Waals surface area contributed by atoms with Crippen LogP contribution in [0.5, 0.6) is 0 Å². The Bertz CT molecular complexity index is 1330. The molecule has 3 heterocycles. The van der Waals surface area contributed by atoms with Crippen molar-refractivity contribution in [2.45, 2.75) is 19.3 Å². The lowest BCUT2D eigenvalue weighted by atomic mass is 10.1. The molecule has 0 atom stereocenters. The quantitative estimate of drug-likeness (QED) is 0.517. The molecule has 4 rings (SSSR count). The number of pyridine rings is 2. The van der Waals surface area contributed by atoms with Crippen molar-refractivity contribution in [3.05, 3.63) is 105 Å². The van der Waals surface area contributed by atoms with Gasteiger partial charge in [-0.25, -0.2) is 9.78 Å². The van der Waals surface area contributed by atoms with Crippen LogP contribution >= 0.6 is 0 Å². The number of aromatic nitrogens is 4. The summed E-state index contributed by atoms with van der Waals surface area (Å²) in [6.07, 6.45) is 0.0344. The van der Waals surface area contributed by atoms with Gasteiger partial charge < -0.3 is 0 Å². The van der Waals surface area contributed by atoms with Crippen molar-refractivity contribution < 1.29 is 13.2 Å². The number of hydrogen-bond acceptors (Lipinski definition) is 4. The fraction of sp³-hybridized carbons (Fsp3) is 0.143. The van der Waals surface area contributed by atoms with Crippen molar-refractivity contribution in [1.29, 1.82) is 0 Å². The van der Waals surface area contributed by atoms with Crippen LogP contribution in [-0.2, 0) is 19.3 Å². The second kappa shape index (κ2) is 7.58. The van der Waals surface area contributed by atoms with E-state index in [-0.39, 0.29) is 29.7 Å². The molecule has 0 radical (unpaired) electrons. The normalized spacial score (nSPS) is 11.7. The Morgan fingerprint density at radius 1 is 0.867 bits per heavy atom. The molecule has 9 heteroatoms. The second-order valence-electron chi connectivity index (χ2n) is 6.69. The highest BCUT2D eigenvalue weighted by molar-refractivity contribution is 5.73. The van der Waals surface area contributed by atoms with Crippen LogP contribution in [0.4, 0.5) is 13.2 Å². The zero-order valence-corrected chi connectivity index (χ0v) is 15.5. The number of rotatable bonds is 4. The highest BCUT2D eigenvalue weighted by Crippen LogP contribution is 2.29. The Kier molecular flexibility index (Phi) is 4.94. The van der Waals surface area contributed by atoms with Gasteiger partial charge in [0.25, 0.3) is 5.56 Å². The van der Waals surface area contributed by atoms with Crippen molar-refractivity contribution in [3.63, 3.8) is 0 Å². The van der Waals surface area contributed by atoms with Crippen molar-refractivity contribution in [3.8, 4) is 0 Å². The van der Waals surface area contributed by atoms with E-state index < -0.39 is 23.0 Å². The van der Waals surface area contributed by atoms with E-state index in [1.165, 1.54) is 29.1 Å². The molecule has 0 amide bonds. The summed E-state index contributed by atoms with van der Waals surface area (Å²) < 4.78 is 41.5. The third kappa shape index (κ3) is 3.73. The van der Waals surface area contributed by atoms with Gasteiger partial charge in [-0.15, -0.1) is 0 Å². The van der Waals surface area contributed by atoms with E-state index in [0.29, 0.717) is 5.56 Å². The van der Waals surface area contributed by atoms with Gasteiger partial charge in [0, 0.05) is 18.6 Å². The maximum atomic E-state index is 13.1. The molecule has 0 N–H and O–H groups in total. The number of benzene rings is 1. The lowest BCUT2D eigenvalue weighted by molar-refractivity contribution is -0.137. The summed E-state index contributed by atoms with van der Waals surface area (Å²) in [4.78, 5) is 34.1. The van der Waals surface area contributed by atoms with E-state index in [9.17, 15) is 22.8 Å². The Hall–Kier alpha value is -3.75. The molecule has 0 aliphatic carbocycles. The molecule has 0 aliphatic heterocycles. The van der Waals surface area contributed by atoms with Crippen LogP contribution in [0.2, 0.25) is 0 Å². The molecule has 0 fully saturated rings. The summed E-state index contributed by atoms with van der Waals surface area (Å²) in [5, 5.41) is 0. The number of nitrogens with zero attached hydrogens (tertiary/aromatic N) is 4. The SMILES string of the molecule is O=c1c2ncccc2n(Cc2cccc(C(F)(F)F)c2)c(=O)n1Cc1cccnc1. The van der Waals surface area contributed by atoms with E-state index in [2.05, 4.69) is 9.97 Å². The van der Waals surface area contributed by atoms with Gasteiger partial charge in [0.15, 0.2) is 5.52 Å². The maximum absolute atomic E-state index is 13.1. The van der Waals surface area contributed by atoms with Crippen LogP contribution in [-0.4, -0.2) is 19.1 Å². The molecule has 0 saturated heterocycles. The van der Waals surface area contributed by atoms with Crippen LogP contribution in [0.3, 0.4) is 0 Å². The summed E-state index contributed by atoms with van der Waals surface area (Å²) >= 11 is 0. The monoisotopic (exact) mass is 412 g/mol. The van der Waals surface area contributed by atoms with Gasteiger partial charge in [0.2, 0.25) is 0 Å². The van der Waals surface area contributed by atoms with Crippen molar-refractivity contribution in [1.82, 2.24) is 19.1 Å². The van der Waals surface area contributed by atoms with Crippen LogP contribution in [0.15, 0.2) is 76.7 Å². The summed E-state index contributed by atoms with van der Waals surface area (Å²) in [6, 6.07) is 11.3. The van der Waals surface area contributed by atoms with Gasteiger partial charge in [0.1, 0.15) is 0 Å². The average molecular weight is 412 g/mol. The van der Waals surface area contributed by atoms with Crippen molar-refractivity contribution in [2.75, 3.05) is 0 Å². The van der Waals surface area contributed by atoms with Gasteiger partial charge in [-0.1, -0.05) is 18.2 Å². The zero-order valence-electron chi connectivity index (χ0n) is 15.5. The van der Waals surface area contributed by atoms with Gasteiger partial charge in [-0.3, -0.25) is 18.9 Å². The molecule has 1 aromatic carbocycles. The van der Waals surface area contributed by atoms with E-state index >= 15 is 0 Å². The predicted octanol–water partition coefficient (Wildman–Crippen LogP) is 3.07. The summed E-state index contributed by atoms with van der Waals surface area (Å²) in [6.45, 7) is -0.168. The molecule has 0 spiro atoms. The minimum Gasteiger partial charge on any atom is -0.287 e. The summed E-state index contributed by atoms with van der Waals surface area (Å²) in [5.41, 5.74) is -0.776. The number of alkyl halides is 3. The van der Waals surface area contributed by atoms with Gasteiger partial charge in [-0.2, -0.15) is 13.2 Å². The first-order chi connectivity index (χ1) is 14.3. The van der Waals surface area contributed by atoms with Crippen LogP contribution in [0.25, 0.3) is 11.0 Å². The van der Waals surface area contributed by atoms with Crippen molar-refractivity contribution >= 4 is 11.0 Å². The Balaban J connectivity index is 1.87. The lowest BCUT2D eigenvalue weighted by Crippen LogP contribution is -2.40. The molecular weight excluding hydrogens is 397 g/mol. The minimum atomic E-state index is -4.50. The number of halogens is 3. The Morgan fingerprint density at radius 2 is 1.60 bits per heavy atom. The van der Waals surface area contributed by atoms with E-state index in [1.54, 1.807) is 30.5 Å². The first kappa shape index (κ1) is 19.6. The number of hydrogen-bond donors (Lipinski definition) is 0. The molecule has 0 aliphatic rings. The first-order valence-electron chi connectivity index (χ1n) is 8.98. The molecular formula is C21H15F3N4O2. The molecule has 152 valence electrons. The zero-order chi connectivity index (χ0) is 21.3. The molecule has 0 saturated carbocycles. The topological polar surface area (TPSA) is 69.8 Å². The second-order valence-corrected chi connectivity index (χ2v) is 6.69. The number of fused-ring (bicyclic) bond motifs is 1. The summed E-state index contributed by atoms with van der Waals surface area (Å²) in [7, 11) is 0. The van der Waals surface area contributed by atoms with Crippen LogP contribution in [0.1, 0.15) is 16.7 Å². The molecule has 30 heavy (non-hydrogen) atoms. The van der Waals surface area contributed by atoms with Gasteiger partial charge in [0.05, 0.1) is 24.2 Å². The molecule has 0 bridgehead atoms. The van der Waals surface area contributed by atoms with E-state index in [4.69, 9.17) is 0 Å². The molecule has 6 nitrogen and oxygen atoms in total. The fourth-order valence-corrected chi connectivity index (χ4v) is 3.24. The summed E-state index contributed by atoms with van der Waals surface area (Å²) in [5.74, 6) is 0.